The molecule has 0 aliphatic carbocycles. The molecule has 2 fully saturated rings. The lowest BCUT2D eigenvalue weighted by molar-refractivity contribution is -0.143. The minimum Gasteiger partial charge on any atom is -0.492 e. The summed E-state index contributed by atoms with van der Waals surface area (Å²) in [6.45, 7) is 3.15. The van der Waals surface area contributed by atoms with E-state index in [1.54, 1.807) is 0 Å². The third-order valence-electron chi connectivity index (χ3n) is 7.06. The average molecular weight is 702 g/mol. The Morgan fingerprint density at radius 2 is 1.68 bits per heavy atom. The number of thioether (sulfide) groups is 1. The number of thiocarbonyl (C=S) groups is 1. The number of furan rings is 1. The largest absolute Gasteiger partial charge is 0.492 e. The Morgan fingerprint density at radius 3 is 2.30 bits per heavy atom. The Labute approximate surface area is 273 Å². The number of ether oxygens (including phenoxy) is 2. The predicted octanol–water partition coefficient (Wildman–Crippen LogP) is 6.30. The zero-order valence-electron chi connectivity index (χ0n) is 24.1. The fourth-order valence-electron chi connectivity index (χ4n) is 4.69. The molecule has 2 aromatic carbocycles. The molecule has 9 nitrogen and oxygen atoms in total. The van der Waals surface area contributed by atoms with Gasteiger partial charge in [-0.05, 0) is 59.7 Å². The Hall–Kier alpha value is -3.90. The maximum Gasteiger partial charge on any atom is 0.416 e. The van der Waals surface area contributed by atoms with Gasteiger partial charge in [0, 0.05) is 25.2 Å². The summed E-state index contributed by atoms with van der Waals surface area (Å²) in [7, 11) is 0. The van der Waals surface area contributed by atoms with Crippen molar-refractivity contribution in [2.45, 2.75) is 18.9 Å². The Bertz CT molecular complexity index is 1670. The molecule has 0 bridgehead atoms. The number of alkyl halides is 6. The number of benzene rings is 2. The fourth-order valence-corrected chi connectivity index (χ4v) is 5.90. The molecule has 250 valence electrons. The van der Waals surface area contributed by atoms with E-state index in [1.807, 2.05) is 0 Å². The molecular formula is C30H25F6N3O6S2. The minimum atomic E-state index is -5.03. The van der Waals surface area contributed by atoms with Crippen molar-refractivity contribution in [3.8, 4) is 16.9 Å². The van der Waals surface area contributed by atoms with Gasteiger partial charge >= 0.3 is 18.3 Å². The van der Waals surface area contributed by atoms with Crippen LogP contribution in [0.5, 0.6) is 5.75 Å². The first kappa shape index (κ1) is 34.4. The van der Waals surface area contributed by atoms with Crippen molar-refractivity contribution in [1.82, 2.24) is 15.3 Å². The second kappa shape index (κ2) is 14.1. The molecule has 3 aromatic rings. The number of hydrazine groups is 1. The summed E-state index contributed by atoms with van der Waals surface area (Å²) in [6.07, 6.45) is -8.68. The molecule has 2 aliphatic rings. The van der Waals surface area contributed by atoms with E-state index >= 15 is 0 Å². The first-order chi connectivity index (χ1) is 22.2. The summed E-state index contributed by atoms with van der Waals surface area (Å²) < 4.78 is 98.1. The van der Waals surface area contributed by atoms with Gasteiger partial charge in [0.1, 0.15) is 18.1 Å². The van der Waals surface area contributed by atoms with Crippen molar-refractivity contribution in [3.63, 3.8) is 0 Å². The van der Waals surface area contributed by atoms with E-state index in [0.29, 0.717) is 45.0 Å². The van der Waals surface area contributed by atoms with Gasteiger partial charge in [-0.15, -0.1) is 0 Å². The Balaban J connectivity index is 1.45. The molecule has 0 radical (unpaired) electrons. The van der Waals surface area contributed by atoms with E-state index < -0.39 is 35.4 Å². The SMILES string of the molecule is O=C(O)c1ccc(CNN2C(=O)C(=Cc3cc(-c4cc(C(F)(F)F)cc(C(F)(F)F)c4)ccc3OCCN3CCOCC3)SC2=S)o1. The molecule has 0 spiro atoms. The molecule has 0 unspecified atom stereocenters. The van der Waals surface area contributed by atoms with Crippen molar-refractivity contribution in [2.24, 2.45) is 0 Å². The number of halogens is 6. The van der Waals surface area contributed by atoms with Crippen LogP contribution in [0.4, 0.5) is 26.3 Å². The van der Waals surface area contributed by atoms with Crippen LogP contribution in [0.15, 0.2) is 57.9 Å². The molecule has 2 N–H and O–H groups in total. The second-order valence-corrected chi connectivity index (χ2v) is 11.9. The van der Waals surface area contributed by atoms with Crippen molar-refractivity contribution < 1.29 is 54.9 Å². The molecule has 0 atom stereocenters. The first-order valence-corrected chi connectivity index (χ1v) is 15.1. The van der Waals surface area contributed by atoms with E-state index in [4.69, 9.17) is 31.2 Å². The molecule has 3 heterocycles. The normalized spacial score (nSPS) is 17.1. The molecule has 17 heteroatoms. The van der Waals surface area contributed by atoms with Crippen LogP contribution in [-0.2, 0) is 28.4 Å². The minimum absolute atomic E-state index is 0.0223. The number of morpholine rings is 1. The van der Waals surface area contributed by atoms with Gasteiger partial charge in [0.15, 0.2) is 4.32 Å². The fraction of sp³-hybridized carbons (Fsp3) is 0.300. The van der Waals surface area contributed by atoms with Crippen LogP contribution in [0.25, 0.3) is 17.2 Å². The number of nitrogens with zero attached hydrogens (tertiary/aromatic N) is 2. The van der Waals surface area contributed by atoms with Crippen molar-refractivity contribution in [3.05, 3.63) is 81.6 Å². The van der Waals surface area contributed by atoms with Gasteiger partial charge in [0.25, 0.3) is 5.91 Å². The van der Waals surface area contributed by atoms with Crippen LogP contribution in [0, 0.1) is 0 Å². The van der Waals surface area contributed by atoms with Gasteiger partial charge < -0.3 is 19.0 Å². The van der Waals surface area contributed by atoms with Gasteiger partial charge in [0.2, 0.25) is 5.76 Å². The average Bonchev–Trinajstić information content (AvgIpc) is 3.60. The van der Waals surface area contributed by atoms with Crippen molar-refractivity contribution in [1.29, 1.82) is 0 Å². The van der Waals surface area contributed by atoms with Gasteiger partial charge in [-0.1, -0.05) is 30.0 Å². The number of carbonyl (C=O) groups excluding carboxylic acids is 1. The summed E-state index contributed by atoms with van der Waals surface area (Å²) in [5.41, 5.74) is -0.265. The van der Waals surface area contributed by atoms with E-state index in [-0.39, 0.29) is 62.4 Å². The molecule has 2 saturated heterocycles. The standard InChI is InChI=1S/C30H25F6N3O6S2/c31-29(32,33)20-12-18(13-21(15-20)30(34,35)36)17-1-3-23(44-10-7-38-5-8-43-9-6-38)19(11-17)14-25-26(40)39(28(46)47-25)37-16-22-2-4-24(45-22)27(41)42/h1-4,11-15,37H,5-10,16H2,(H,41,42). The maximum absolute atomic E-state index is 13.6. The number of hydrogen-bond acceptors (Lipinski definition) is 9. The summed E-state index contributed by atoms with van der Waals surface area (Å²) in [6, 6.07) is 8.07. The highest BCUT2D eigenvalue weighted by atomic mass is 32.2. The Morgan fingerprint density at radius 1 is 1.00 bits per heavy atom. The van der Waals surface area contributed by atoms with Crippen LogP contribution in [0.2, 0.25) is 0 Å². The zero-order chi connectivity index (χ0) is 33.9. The van der Waals surface area contributed by atoms with E-state index in [0.717, 1.165) is 16.8 Å². The van der Waals surface area contributed by atoms with Crippen LogP contribution >= 0.6 is 24.0 Å². The smallest absolute Gasteiger partial charge is 0.416 e. The van der Waals surface area contributed by atoms with E-state index in [9.17, 15) is 35.9 Å². The highest BCUT2D eigenvalue weighted by Gasteiger charge is 2.37. The molecule has 1 amide bonds. The quantitative estimate of drug-likeness (QED) is 0.142. The molecule has 2 aliphatic heterocycles. The number of hydrogen-bond donors (Lipinski definition) is 2. The van der Waals surface area contributed by atoms with Gasteiger partial charge in [-0.3, -0.25) is 9.69 Å². The van der Waals surface area contributed by atoms with Gasteiger partial charge in [-0.25, -0.2) is 15.2 Å². The molecular weight excluding hydrogens is 676 g/mol. The zero-order valence-corrected chi connectivity index (χ0v) is 25.7. The van der Waals surface area contributed by atoms with Crippen LogP contribution in [0.1, 0.15) is 33.0 Å². The lowest BCUT2D eigenvalue weighted by Crippen LogP contribution is -2.40. The van der Waals surface area contributed by atoms with Crippen LogP contribution in [-0.4, -0.2) is 70.7 Å². The number of nitrogens with one attached hydrogen (secondary N) is 1. The summed E-state index contributed by atoms with van der Waals surface area (Å²) in [5, 5.41) is 10.1. The molecule has 1 aromatic heterocycles. The highest BCUT2D eigenvalue weighted by Crippen LogP contribution is 2.40. The van der Waals surface area contributed by atoms with Crippen LogP contribution in [0.3, 0.4) is 0 Å². The molecule has 5 rings (SSSR count). The van der Waals surface area contributed by atoms with Gasteiger partial charge in [0.05, 0.1) is 35.8 Å². The molecule has 47 heavy (non-hydrogen) atoms. The number of amides is 1. The number of carboxylic acids is 1. The summed E-state index contributed by atoms with van der Waals surface area (Å²) >= 11 is 6.23. The van der Waals surface area contributed by atoms with Crippen molar-refractivity contribution >= 4 is 46.3 Å². The third kappa shape index (κ3) is 8.53. The van der Waals surface area contributed by atoms with Crippen molar-refractivity contribution in [2.75, 3.05) is 39.5 Å². The monoisotopic (exact) mass is 701 g/mol. The van der Waals surface area contributed by atoms with E-state index in [1.165, 1.54) is 36.4 Å². The number of carbonyl (C=O) groups is 2. The lowest BCUT2D eigenvalue weighted by Gasteiger charge is -2.26. The molecule has 0 saturated carbocycles. The second-order valence-electron chi connectivity index (χ2n) is 10.3. The summed E-state index contributed by atoms with van der Waals surface area (Å²) in [5.74, 6) is -1.72. The maximum atomic E-state index is 13.6. The number of rotatable bonds is 10. The highest BCUT2D eigenvalue weighted by molar-refractivity contribution is 8.26. The van der Waals surface area contributed by atoms with Gasteiger partial charge in [-0.2, -0.15) is 26.3 Å². The summed E-state index contributed by atoms with van der Waals surface area (Å²) in [4.78, 5) is 26.6. The van der Waals surface area contributed by atoms with E-state index in [2.05, 4.69) is 10.3 Å². The van der Waals surface area contributed by atoms with Crippen LogP contribution < -0.4 is 10.2 Å². The number of aromatic carboxylic acids is 1. The third-order valence-corrected chi connectivity index (χ3v) is 8.37. The topological polar surface area (TPSA) is 104 Å². The first-order valence-electron chi connectivity index (χ1n) is 13.9. The lowest BCUT2D eigenvalue weighted by atomic mass is 9.97. The number of carboxylic acid groups (broad SMARTS) is 1. The predicted molar refractivity (Wildman–Crippen MR) is 162 cm³/mol. The Kier molecular flexibility index (Phi) is 10.3.